The van der Waals surface area contributed by atoms with Gasteiger partial charge in [-0.1, -0.05) is 23.9 Å². The highest BCUT2D eigenvalue weighted by molar-refractivity contribution is 8.00. The number of carbonyl (C=O) groups excluding carboxylic acids is 1. The highest BCUT2D eigenvalue weighted by atomic mass is 32.2. The molecule has 0 saturated heterocycles. The van der Waals surface area contributed by atoms with Crippen LogP contribution < -0.4 is 10.1 Å². The first-order chi connectivity index (χ1) is 11.1. The van der Waals surface area contributed by atoms with E-state index in [9.17, 15) is 4.79 Å². The van der Waals surface area contributed by atoms with E-state index in [1.54, 1.807) is 0 Å². The van der Waals surface area contributed by atoms with Gasteiger partial charge in [-0.15, -0.1) is 10.2 Å². The number of aromatic nitrogens is 2. The average Bonchev–Trinajstić information content (AvgIpc) is 3.22. The Morgan fingerprint density at radius 2 is 2.30 bits per heavy atom. The van der Waals surface area contributed by atoms with Gasteiger partial charge in [-0.3, -0.25) is 4.79 Å². The van der Waals surface area contributed by atoms with Crippen LogP contribution in [0.3, 0.4) is 0 Å². The van der Waals surface area contributed by atoms with Crippen LogP contribution in [0.15, 0.2) is 33.9 Å². The monoisotopic (exact) mass is 333 g/mol. The molecule has 7 heteroatoms. The number of aryl methyl sites for hydroxylation is 1. The molecule has 1 aliphatic carbocycles. The van der Waals surface area contributed by atoms with Gasteiger partial charge in [0.1, 0.15) is 5.75 Å². The number of hydrogen-bond acceptors (Lipinski definition) is 6. The summed E-state index contributed by atoms with van der Waals surface area (Å²) in [6.45, 7) is 4.04. The molecule has 1 aromatic carbocycles. The zero-order chi connectivity index (χ0) is 16.2. The van der Waals surface area contributed by atoms with Crippen LogP contribution in [0, 0.1) is 6.92 Å². The molecule has 0 unspecified atom stereocenters. The van der Waals surface area contributed by atoms with Gasteiger partial charge in [0.2, 0.25) is 5.91 Å². The summed E-state index contributed by atoms with van der Waals surface area (Å²) < 4.78 is 11.1. The molecule has 1 atom stereocenters. The molecule has 1 aliphatic rings. The summed E-state index contributed by atoms with van der Waals surface area (Å²) in [4.78, 5) is 11.9. The summed E-state index contributed by atoms with van der Waals surface area (Å²) in [7, 11) is 0. The SMILES string of the molecule is Cc1cccc(OCc2nnc(S[C@H](C)C(=O)NC3CC3)o2)c1. The normalized spacial score (nSPS) is 15.2. The van der Waals surface area contributed by atoms with Gasteiger partial charge in [0.05, 0.1) is 5.25 Å². The Hall–Kier alpha value is -2.02. The molecular weight excluding hydrogens is 314 g/mol. The van der Waals surface area contributed by atoms with E-state index in [0.29, 0.717) is 17.2 Å². The van der Waals surface area contributed by atoms with Crippen molar-refractivity contribution in [3.63, 3.8) is 0 Å². The molecule has 0 aliphatic heterocycles. The lowest BCUT2D eigenvalue weighted by Gasteiger charge is -2.08. The fourth-order valence-corrected chi connectivity index (χ4v) is 2.66. The molecule has 6 nitrogen and oxygen atoms in total. The first kappa shape index (κ1) is 15.9. The standard InChI is InChI=1S/C16H19N3O3S/c1-10-4-3-5-13(8-10)21-9-14-18-19-16(22-14)23-11(2)15(20)17-12-6-7-12/h3-5,8,11-12H,6-7,9H2,1-2H3,(H,17,20)/t11-/m1/s1. The fourth-order valence-electron chi connectivity index (χ4n) is 1.95. The average molecular weight is 333 g/mol. The van der Waals surface area contributed by atoms with Crippen molar-refractivity contribution in [1.29, 1.82) is 0 Å². The van der Waals surface area contributed by atoms with E-state index in [-0.39, 0.29) is 17.8 Å². The summed E-state index contributed by atoms with van der Waals surface area (Å²) in [5.41, 5.74) is 1.12. The highest BCUT2D eigenvalue weighted by Gasteiger charge is 2.26. The Labute approximate surface area is 139 Å². The first-order valence-electron chi connectivity index (χ1n) is 7.59. The lowest BCUT2D eigenvalue weighted by Crippen LogP contribution is -2.32. The lowest BCUT2D eigenvalue weighted by atomic mass is 10.2. The van der Waals surface area contributed by atoms with Gasteiger partial charge in [0.25, 0.3) is 11.1 Å². The van der Waals surface area contributed by atoms with Crippen molar-refractivity contribution in [3.05, 3.63) is 35.7 Å². The van der Waals surface area contributed by atoms with Crippen LogP contribution >= 0.6 is 11.8 Å². The Bertz CT molecular complexity index is 685. The van der Waals surface area contributed by atoms with Crippen molar-refractivity contribution in [1.82, 2.24) is 15.5 Å². The van der Waals surface area contributed by atoms with E-state index in [1.807, 2.05) is 38.1 Å². The van der Waals surface area contributed by atoms with E-state index >= 15 is 0 Å². The van der Waals surface area contributed by atoms with Gasteiger partial charge in [-0.05, 0) is 44.4 Å². The molecule has 1 aromatic heterocycles. The number of carbonyl (C=O) groups is 1. The maximum Gasteiger partial charge on any atom is 0.277 e. The van der Waals surface area contributed by atoms with Crippen molar-refractivity contribution in [2.24, 2.45) is 0 Å². The number of ether oxygens (including phenoxy) is 1. The summed E-state index contributed by atoms with van der Waals surface area (Å²) in [5, 5.41) is 11.0. The van der Waals surface area contributed by atoms with Crippen LogP contribution in [0.25, 0.3) is 0 Å². The first-order valence-corrected chi connectivity index (χ1v) is 8.47. The molecule has 1 saturated carbocycles. The molecule has 2 aromatic rings. The fraction of sp³-hybridized carbons (Fsp3) is 0.438. The number of benzene rings is 1. The van der Waals surface area contributed by atoms with E-state index in [1.165, 1.54) is 11.8 Å². The number of amides is 1. The molecule has 1 N–H and O–H groups in total. The molecular formula is C16H19N3O3S. The third-order valence-corrected chi connectivity index (χ3v) is 4.30. The van der Waals surface area contributed by atoms with Gasteiger partial charge < -0.3 is 14.5 Å². The summed E-state index contributed by atoms with van der Waals surface area (Å²) in [6.07, 6.45) is 2.15. The van der Waals surface area contributed by atoms with Crippen LogP contribution in [-0.2, 0) is 11.4 Å². The largest absolute Gasteiger partial charge is 0.484 e. The van der Waals surface area contributed by atoms with Gasteiger partial charge in [-0.25, -0.2) is 0 Å². The molecule has 0 bridgehead atoms. The van der Waals surface area contributed by atoms with E-state index < -0.39 is 0 Å². The Kier molecular flexibility index (Phi) is 4.85. The summed E-state index contributed by atoms with van der Waals surface area (Å²) in [6, 6.07) is 8.11. The number of thioether (sulfide) groups is 1. The summed E-state index contributed by atoms with van der Waals surface area (Å²) in [5.74, 6) is 1.16. The second-order valence-corrected chi connectivity index (χ2v) is 6.90. The molecule has 1 heterocycles. The van der Waals surface area contributed by atoms with E-state index in [0.717, 1.165) is 24.2 Å². The molecule has 1 fully saturated rings. The van der Waals surface area contributed by atoms with Crippen molar-refractivity contribution in [2.75, 3.05) is 0 Å². The van der Waals surface area contributed by atoms with Crippen LogP contribution in [0.5, 0.6) is 5.75 Å². The quantitative estimate of drug-likeness (QED) is 0.785. The van der Waals surface area contributed by atoms with Gasteiger partial charge in [0, 0.05) is 6.04 Å². The molecule has 1 amide bonds. The third-order valence-electron chi connectivity index (χ3n) is 3.37. The lowest BCUT2D eigenvalue weighted by molar-refractivity contribution is -0.120. The van der Waals surface area contributed by atoms with Gasteiger partial charge >= 0.3 is 0 Å². The van der Waals surface area contributed by atoms with Crippen molar-refractivity contribution < 1.29 is 13.9 Å². The third kappa shape index (κ3) is 4.72. The van der Waals surface area contributed by atoms with Crippen LogP contribution in [-0.4, -0.2) is 27.4 Å². The van der Waals surface area contributed by atoms with Crippen LogP contribution in [0.2, 0.25) is 0 Å². The Morgan fingerprint density at radius 3 is 3.04 bits per heavy atom. The molecule has 122 valence electrons. The molecule has 0 spiro atoms. The predicted molar refractivity (Wildman–Crippen MR) is 86.3 cm³/mol. The smallest absolute Gasteiger partial charge is 0.277 e. The second-order valence-electron chi connectivity index (χ2n) is 5.61. The second kappa shape index (κ2) is 7.04. The van der Waals surface area contributed by atoms with Crippen molar-refractivity contribution in [2.45, 2.75) is 49.8 Å². The number of nitrogens with zero attached hydrogens (tertiary/aromatic N) is 2. The topological polar surface area (TPSA) is 77.2 Å². The molecule has 23 heavy (non-hydrogen) atoms. The zero-order valence-electron chi connectivity index (χ0n) is 13.1. The zero-order valence-corrected chi connectivity index (χ0v) is 13.9. The Morgan fingerprint density at radius 1 is 1.48 bits per heavy atom. The number of nitrogens with one attached hydrogen (secondary N) is 1. The Balaban J connectivity index is 1.50. The van der Waals surface area contributed by atoms with E-state index in [4.69, 9.17) is 9.15 Å². The maximum atomic E-state index is 11.9. The van der Waals surface area contributed by atoms with Crippen molar-refractivity contribution >= 4 is 17.7 Å². The van der Waals surface area contributed by atoms with Gasteiger partial charge in [-0.2, -0.15) is 0 Å². The van der Waals surface area contributed by atoms with Crippen LogP contribution in [0.1, 0.15) is 31.2 Å². The van der Waals surface area contributed by atoms with Gasteiger partial charge in [0.15, 0.2) is 6.61 Å². The number of hydrogen-bond donors (Lipinski definition) is 1. The number of rotatable bonds is 7. The minimum atomic E-state index is -0.262. The van der Waals surface area contributed by atoms with Crippen molar-refractivity contribution in [3.8, 4) is 5.75 Å². The van der Waals surface area contributed by atoms with E-state index in [2.05, 4.69) is 15.5 Å². The molecule has 3 rings (SSSR count). The minimum Gasteiger partial charge on any atom is -0.484 e. The predicted octanol–water partition coefficient (Wildman–Crippen LogP) is 2.72. The highest BCUT2D eigenvalue weighted by Crippen LogP contribution is 2.24. The maximum absolute atomic E-state index is 11.9. The summed E-state index contributed by atoms with van der Waals surface area (Å²) >= 11 is 1.26. The van der Waals surface area contributed by atoms with Crippen LogP contribution in [0.4, 0.5) is 0 Å². The minimum absolute atomic E-state index is 0.00765. The molecule has 0 radical (unpaired) electrons.